The van der Waals surface area contributed by atoms with E-state index in [2.05, 4.69) is 23.6 Å². The van der Waals surface area contributed by atoms with Gasteiger partial charge in [0.05, 0.1) is 16.1 Å². The van der Waals surface area contributed by atoms with Crippen LogP contribution in [0, 0.1) is 0 Å². The summed E-state index contributed by atoms with van der Waals surface area (Å²) < 4.78 is 2.34. The lowest BCUT2D eigenvalue weighted by molar-refractivity contribution is 1.36. The van der Waals surface area contributed by atoms with Gasteiger partial charge in [-0.05, 0) is 12.1 Å². The lowest BCUT2D eigenvalue weighted by atomic mass is 10.1. The van der Waals surface area contributed by atoms with Crippen LogP contribution in [0.1, 0.15) is 0 Å². The second-order valence-electron chi connectivity index (χ2n) is 3.65. The molecule has 0 aliphatic rings. The molecular formula is C12H11N3S. The summed E-state index contributed by atoms with van der Waals surface area (Å²) in [6.45, 7) is 0. The van der Waals surface area contributed by atoms with E-state index in [1.807, 2.05) is 18.2 Å². The Labute approximate surface area is 96.6 Å². The Morgan fingerprint density at radius 1 is 1.00 bits per heavy atom. The van der Waals surface area contributed by atoms with Crippen LogP contribution in [0.3, 0.4) is 0 Å². The Bertz CT molecular complexity index is 672. The fourth-order valence-corrected chi connectivity index (χ4v) is 3.10. The van der Waals surface area contributed by atoms with Gasteiger partial charge in [-0.2, -0.15) is 0 Å². The molecule has 80 valence electrons. The Morgan fingerprint density at radius 3 is 2.62 bits per heavy atom. The van der Waals surface area contributed by atoms with Gasteiger partial charge in [-0.1, -0.05) is 24.3 Å². The SMILES string of the molecule is NNc1ccc2c(sc3ccccc32)c1N. The van der Waals surface area contributed by atoms with Crippen molar-refractivity contribution in [3.63, 3.8) is 0 Å². The van der Waals surface area contributed by atoms with Crippen molar-refractivity contribution in [1.82, 2.24) is 0 Å². The summed E-state index contributed by atoms with van der Waals surface area (Å²) in [4.78, 5) is 0. The smallest absolute Gasteiger partial charge is 0.0744 e. The highest BCUT2D eigenvalue weighted by Gasteiger charge is 2.09. The van der Waals surface area contributed by atoms with Gasteiger partial charge in [0.25, 0.3) is 0 Å². The summed E-state index contributed by atoms with van der Waals surface area (Å²) >= 11 is 1.70. The molecule has 0 unspecified atom stereocenters. The predicted molar refractivity (Wildman–Crippen MR) is 71.6 cm³/mol. The van der Waals surface area contributed by atoms with Gasteiger partial charge in [0.15, 0.2) is 0 Å². The van der Waals surface area contributed by atoms with E-state index in [-0.39, 0.29) is 0 Å². The van der Waals surface area contributed by atoms with Crippen molar-refractivity contribution in [3.8, 4) is 0 Å². The van der Waals surface area contributed by atoms with Crippen molar-refractivity contribution in [2.45, 2.75) is 0 Å². The molecule has 0 saturated carbocycles. The van der Waals surface area contributed by atoms with Gasteiger partial charge in [0.2, 0.25) is 0 Å². The zero-order valence-electron chi connectivity index (χ0n) is 8.53. The maximum Gasteiger partial charge on any atom is 0.0744 e. The standard InChI is InChI=1S/C12H11N3S/c13-11-9(15-14)6-5-8-7-3-1-2-4-10(7)16-12(8)11/h1-6,15H,13-14H2. The van der Waals surface area contributed by atoms with Crippen LogP contribution in [0.25, 0.3) is 20.2 Å². The molecule has 0 fully saturated rings. The molecule has 0 aliphatic carbocycles. The van der Waals surface area contributed by atoms with Crippen molar-refractivity contribution in [1.29, 1.82) is 0 Å². The summed E-state index contributed by atoms with van der Waals surface area (Å²) in [7, 11) is 0. The van der Waals surface area contributed by atoms with Crippen molar-refractivity contribution in [2.75, 3.05) is 11.2 Å². The quantitative estimate of drug-likeness (QED) is 0.341. The van der Waals surface area contributed by atoms with E-state index in [4.69, 9.17) is 11.6 Å². The highest BCUT2D eigenvalue weighted by atomic mass is 32.1. The number of anilines is 2. The number of hydrogen-bond acceptors (Lipinski definition) is 4. The number of hydrazine groups is 1. The Hall–Kier alpha value is -1.78. The van der Waals surface area contributed by atoms with E-state index in [0.29, 0.717) is 0 Å². The van der Waals surface area contributed by atoms with Crippen LogP contribution >= 0.6 is 11.3 Å². The third-order valence-corrected chi connectivity index (χ3v) is 3.96. The van der Waals surface area contributed by atoms with Gasteiger partial charge < -0.3 is 11.2 Å². The Balaban J connectivity index is 2.49. The Morgan fingerprint density at radius 2 is 1.81 bits per heavy atom. The van der Waals surface area contributed by atoms with E-state index in [0.717, 1.165) is 16.1 Å². The molecule has 3 aromatic rings. The lowest BCUT2D eigenvalue weighted by Crippen LogP contribution is -2.08. The van der Waals surface area contributed by atoms with Gasteiger partial charge in [0.1, 0.15) is 0 Å². The average Bonchev–Trinajstić information content (AvgIpc) is 2.69. The normalized spacial score (nSPS) is 11.1. The number of benzene rings is 2. The maximum absolute atomic E-state index is 6.06. The predicted octanol–water partition coefficient (Wildman–Crippen LogP) is 2.92. The van der Waals surface area contributed by atoms with Crippen LogP contribution in [-0.4, -0.2) is 0 Å². The largest absolute Gasteiger partial charge is 0.396 e. The molecule has 0 atom stereocenters. The van der Waals surface area contributed by atoms with Gasteiger partial charge >= 0.3 is 0 Å². The number of hydrogen-bond donors (Lipinski definition) is 3. The molecule has 1 heterocycles. The monoisotopic (exact) mass is 229 g/mol. The van der Waals surface area contributed by atoms with E-state index in [1.165, 1.54) is 15.5 Å². The second-order valence-corrected chi connectivity index (χ2v) is 4.70. The van der Waals surface area contributed by atoms with Crippen LogP contribution in [0.2, 0.25) is 0 Å². The summed E-state index contributed by atoms with van der Waals surface area (Å²) in [6.07, 6.45) is 0. The minimum Gasteiger partial charge on any atom is -0.396 e. The number of nitrogens with one attached hydrogen (secondary N) is 1. The summed E-state index contributed by atoms with van der Waals surface area (Å²) in [5, 5.41) is 2.44. The lowest BCUT2D eigenvalue weighted by Gasteiger charge is -2.04. The number of nitrogen functional groups attached to an aromatic ring is 2. The van der Waals surface area contributed by atoms with Crippen molar-refractivity contribution < 1.29 is 0 Å². The Kier molecular flexibility index (Phi) is 1.99. The fourth-order valence-electron chi connectivity index (χ4n) is 1.94. The molecule has 16 heavy (non-hydrogen) atoms. The van der Waals surface area contributed by atoms with E-state index in [9.17, 15) is 0 Å². The molecule has 1 aromatic heterocycles. The first-order valence-electron chi connectivity index (χ1n) is 4.97. The fraction of sp³-hybridized carbons (Fsp3) is 0. The topological polar surface area (TPSA) is 64.1 Å². The third-order valence-electron chi connectivity index (χ3n) is 2.74. The first-order valence-corrected chi connectivity index (χ1v) is 5.79. The molecule has 0 radical (unpaired) electrons. The summed E-state index contributed by atoms with van der Waals surface area (Å²) in [5.41, 5.74) is 10.2. The van der Waals surface area contributed by atoms with E-state index >= 15 is 0 Å². The number of fused-ring (bicyclic) bond motifs is 3. The van der Waals surface area contributed by atoms with Crippen LogP contribution in [-0.2, 0) is 0 Å². The molecule has 2 aromatic carbocycles. The van der Waals surface area contributed by atoms with Crippen LogP contribution < -0.4 is 17.0 Å². The number of nitrogens with two attached hydrogens (primary N) is 2. The highest BCUT2D eigenvalue weighted by Crippen LogP contribution is 2.39. The molecule has 0 amide bonds. The highest BCUT2D eigenvalue weighted by molar-refractivity contribution is 7.26. The first-order chi connectivity index (χ1) is 7.81. The molecule has 5 N–H and O–H groups in total. The van der Waals surface area contributed by atoms with Gasteiger partial charge in [-0.3, -0.25) is 5.84 Å². The molecule has 3 rings (SSSR count). The number of rotatable bonds is 1. The van der Waals surface area contributed by atoms with Gasteiger partial charge in [-0.25, -0.2) is 0 Å². The zero-order valence-corrected chi connectivity index (χ0v) is 9.34. The van der Waals surface area contributed by atoms with Gasteiger partial charge in [-0.15, -0.1) is 11.3 Å². The molecule has 3 nitrogen and oxygen atoms in total. The van der Waals surface area contributed by atoms with Crippen molar-refractivity contribution in [2.24, 2.45) is 5.84 Å². The van der Waals surface area contributed by atoms with E-state index < -0.39 is 0 Å². The third kappa shape index (κ3) is 1.17. The maximum atomic E-state index is 6.06. The van der Waals surface area contributed by atoms with Crippen molar-refractivity contribution in [3.05, 3.63) is 36.4 Å². The molecule has 0 aliphatic heterocycles. The molecular weight excluding hydrogens is 218 g/mol. The van der Waals surface area contributed by atoms with Crippen LogP contribution in [0.15, 0.2) is 36.4 Å². The molecule has 0 bridgehead atoms. The minimum absolute atomic E-state index is 0.723. The second kappa shape index (κ2) is 3.37. The zero-order chi connectivity index (χ0) is 11.1. The number of thiophene rings is 1. The average molecular weight is 229 g/mol. The first kappa shape index (κ1) is 9.45. The van der Waals surface area contributed by atoms with Crippen molar-refractivity contribution >= 4 is 42.9 Å². The summed E-state index contributed by atoms with van der Waals surface area (Å²) in [5.74, 6) is 5.41. The molecule has 0 spiro atoms. The van der Waals surface area contributed by atoms with Gasteiger partial charge in [0, 0.05) is 15.5 Å². The molecule has 4 heteroatoms. The minimum atomic E-state index is 0.723. The van der Waals surface area contributed by atoms with E-state index in [1.54, 1.807) is 11.3 Å². The van der Waals surface area contributed by atoms with Crippen LogP contribution in [0.4, 0.5) is 11.4 Å². The summed E-state index contributed by atoms with van der Waals surface area (Å²) in [6, 6.07) is 12.3. The molecule has 0 saturated heterocycles. The van der Waals surface area contributed by atoms with Crippen LogP contribution in [0.5, 0.6) is 0 Å².